The van der Waals surface area contributed by atoms with Crippen molar-refractivity contribution in [2.45, 2.75) is 32.6 Å². The minimum Gasteiger partial charge on any atom is -0.512 e. The lowest BCUT2D eigenvalue weighted by molar-refractivity contribution is -0.114. The number of aliphatic hydroxyl groups is 1. The van der Waals surface area contributed by atoms with E-state index in [0.717, 1.165) is 27.1 Å². The van der Waals surface area contributed by atoms with Crippen molar-refractivity contribution in [3.63, 3.8) is 0 Å². The fourth-order valence-electron chi connectivity index (χ4n) is 6.76. The monoisotopic (exact) mass is 518 g/mol. The molecule has 1 aliphatic carbocycles. The first-order valence-electron chi connectivity index (χ1n) is 13.8. The average Bonchev–Trinajstić information content (AvgIpc) is 3.16. The van der Waals surface area contributed by atoms with Crippen LogP contribution in [0.3, 0.4) is 0 Å². The first-order chi connectivity index (χ1) is 19.3. The van der Waals surface area contributed by atoms with Crippen LogP contribution in [0.1, 0.15) is 37.5 Å². The lowest BCUT2D eigenvalue weighted by atomic mass is 9.80. The van der Waals surface area contributed by atoms with Crippen molar-refractivity contribution < 1.29 is 9.90 Å². The molecule has 1 aliphatic rings. The van der Waals surface area contributed by atoms with E-state index >= 15 is 0 Å². The number of benzene rings is 6. The van der Waals surface area contributed by atoms with Crippen LogP contribution >= 0.6 is 0 Å². The molecule has 0 spiro atoms. The van der Waals surface area contributed by atoms with Gasteiger partial charge in [0, 0.05) is 17.9 Å². The molecule has 40 heavy (non-hydrogen) atoms. The van der Waals surface area contributed by atoms with E-state index in [1.54, 1.807) is 0 Å². The number of allylic oxidation sites excluding steroid dienone is 2. The quantitative estimate of drug-likeness (QED) is 0.143. The highest BCUT2D eigenvalue weighted by Gasteiger charge is 2.36. The van der Waals surface area contributed by atoms with Crippen molar-refractivity contribution in [1.82, 2.24) is 0 Å². The summed E-state index contributed by atoms with van der Waals surface area (Å²) in [6, 6.07) is 37.0. The van der Waals surface area contributed by atoms with Gasteiger partial charge in [-0.15, -0.1) is 0 Å². The number of carbonyl (C=O) groups excluding carboxylic acids is 1. The molecule has 194 valence electrons. The Hall–Kier alpha value is -4.69. The van der Waals surface area contributed by atoms with Gasteiger partial charge < -0.3 is 5.11 Å². The first kappa shape index (κ1) is 24.4. The fraction of sp³-hybridized carbons (Fsp3) is 0.132. The smallest absolute Gasteiger partial charge is 0.163 e. The molecule has 0 aromatic heterocycles. The van der Waals surface area contributed by atoms with Gasteiger partial charge in [-0.2, -0.15) is 0 Å². The Morgan fingerprint density at radius 2 is 1.25 bits per heavy atom. The van der Waals surface area contributed by atoms with Crippen LogP contribution in [0.5, 0.6) is 0 Å². The molecule has 6 aromatic rings. The summed E-state index contributed by atoms with van der Waals surface area (Å²) in [6.45, 7) is 6.20. The topological polar surface area (TPSA) is 37.3 Å². The number of rotatable bonds is 4. The molecule has 2 nitrogen and oxygen atoms in total. The van der Waals surface area contributed by atoms with Crippen LogP contribution in [-0.2, 0) is 16.6 Å². The second-order valence-electron chi connectivity index (χ2n) is 11.5. The molecule has 0 heterocycles. The summed E-state index contributed by atoms with van der Waals surface area (Å²) in [5.41, 5.74) is 8.57. The Morgan fingerprint density at radius 1 is 0.700 bits per heavy atom. The molecule has 0 bridgehead atoms. The summed E-state index contributed by atoms with van der Waals surface area (Å²) in [5, 5.41) is 16.6. The predicted octanol–water partition coefficient (Wildman–Crippen LogP) is 9.69. The largest absolute Gasteiger partial charge is 0.512 e. The average molecular weight is 519 g/mol. The predicted molar refractivity (Wildman–Crippen MR) is 167 cm³/mol. The SMILES string of the molecule is CC(O)=CC(=O)Cc1c2ccccc2c(-c2ccc3c(c2)C(C)(C)c2cc4ccccc4cc2-3)c2ccccc12. The van der Waals surface area contributed by atoms with E-state index in [2.05, 4.69) is 105 Å². The van der Waals surface area contributed by atoms with Crippen molar-refractivity contribution in [3.8, 4) is 22.3 Å². The van der Waals surface area contributed by atoms with Crippen LogP contribution in [0.4, 0.5) is 0 Å². The highest BCUT2D eigenvalue weighted by molar-refractivity contribution is 6.16. The number of aliphatic hydroxyl groups excluding tert-OH is 1. The second-order valence-corrected chi connectivity index (χ2v) is 11.5. The van der Waals surface area contributed by atoms with Crippen molar-refractivity contribution in [2.75, 3.05) is 0 Å². The normalized spacial score (nSPS) is 14.0. The highest BCUT2D eigenvalue weighted by Crippen LogP contribution is 2.51. The molecule has 0 amide bonds. The Morgan fingerprint density at radius 3 is 1.88 bits per heavy atom. The number of carbonyl (C=O) groups is 1. The zero-order chi connectivity index (χ0) is 27.6. The molecule has 0 unspecified atom stereocenters. The minimum absolute atomic E-state index is 0.0323. The van der Waals surface area contributed by atoms with Crippen LogP contribution in [0.25, 0.3) is 54.6 Å². The van der Waals surface area contributed by atoms with Crippen LogP contribution in [0.2, 0.25) is 0 Å². The standard InChI is InChI=1S/C38H30O2/c1-23(39)18-27(40)22-33-28-12-6-8-14-31(28)37(32-15-9-7-13-29(32)33)26-16-17-30-34-19-24-10-4-5-11-25(24)20-36(34)38(2,3)35(30)21-26/h4-21,39H,22H2,1-3H3. The molecular weight excluding hydrogens is 488 g/mol. The summed E-state index contributed by atoms with van der Waals surface area (Å²) in [7, 11) is 0. The Balaban J connectivity index is 1.47. The van der Waals surface area contributed by atoms with Crippen molar-refractivity contribution in [3.05, 3.63) is 132 Å². The molecule has 0 atom stereocenters. The third kappa shape index (κ3) is 3.67. The Kier molecular flexibility index (Phi) is 5.43. The van der Waals surface area contributed by atoms with Gasteiger partial charge in [-0.05, 0) is 96.4 Å². The van der Waals surface area contributed by atoms with E-state index in [4.69, 9.17) is 0 Å². The summed E-state index contributed by atoms with van der Waals surface area (Å²) in [5.74, 6) is -0.0719. The lowest BCUT2D eigenvalue weighted by Crippen LogP contribution is -2.15. The van der Waals surface area contributed by atoms with E-state index in [9.17, 15) is 9.90 Å². The molecular formula is C38H30O2. The molecule has 1 N–H and O–H groups in total. The molecule has 0 fully saturated rings. The van der Waals surface area contributed by atoms with Gasteiger partial charge >= 0.3 is 0 Å². The molecule has 0 saturated heterocycles. The van der Waals surface area contributed by atoms with E-state index in [-0.39, 0.29) is 23.4 Å². The maximum atomic E-state index is 12.8. The zero-order valence-corrected chi connectivity index (χ0v) is 23.0. The van der Waals surface area contributed by atoms with Gasteiger partial charge in [0.1, 0.15) is 0 Å². The first-order valence-corrected chi connectivity index (χ1v) is 13.8. The highest BCUT2D eigenvalue weighted by atomic mass is 16.3. The minimum atomic E-state index is -0.128. The summed E-state index contributed by atoms with van der Waals surface area (Å²) in [4.78, 5) is 12.8. The fourth-order valence-corrected chi connectivity index (χ4v) is 6.76. The van der Waals surface area contributed by atoms with Gasteiger partial charge in [0.2, 0.25) is 0 Å². The number of ketones is 1. The number of hydrogen-bond donors (Lipinski definition) is 1. The number of hydrogen-bond acceptors (Lipinski definition) is 2. The van der Waals surface area contributed by atoms with Crippen LogP contribution in [0.15, 0.2) is 115 Å². The van der Waals surface area contributed by atoms with Gasteiger partial charge in [-0.25, -0.2) is 0 Å². The summed E-state index contributed by atoms with van der Waals surface area (Å²) < 4.78 is 0. The van der Waals surface area contributed by atoms with Gasteiger partial charge in [0.05, 0.1) is 5.76 Å². The van der Waals surface area contributed by atoms with Crippen LogP contribution in [-0.4, -0.2) is 10.9 Å². The zero-order valence-electron chi connectivity index (χ0n) is 23.0. The molecule has 6 aromatic carbocycles. The van der Waals surface area contributed by atoms with Gasteiger partial charge in [0.15, 0.2) is 5.78 Å². The maximum absolute atomic E-state index is 12.8. The third-order valence-corrected chi connectivity index (χ3v) is 8.59. The Bertz CT molecular complexity index is 1980. The third-order valence-electron chi connectivity index (χ3n) is 8.59. The number of fused-ring (bicyclic) bond motifs is 6. The molecule has 0 saturated carbocycles. The molecule has 2 heteroatoms. The maximum Gasteiger partial charge on any atom is 0.163 e. The Labute approximate surface area is 234 Å². The molecule has 7 rings (SSSR count). The van der Waals surface area contributed by atoms with Crippen LogP contribution < -0.4 is 0 Å². The molecule has 0 aliphatic heterocycles. The van der Waals surface area contributed by atoms with Gasteiger partial charge in [0.25, 0.3) is 0 Å². The van der Waals surface area contributed by atoms with E-state index in [1.165, 1.54) is 57.2 Å². The van der Waals surface area contributed by atoms with Gasteiger partial charge in [-0.1, -0.05) is 98.8 Å². The van der Waals surface area contributed by atoms with Crippen LogP contribution in [0, 0.1) is 0 Å². The van der Waals surface area contributed by atoms with E-state index < -0.39 is 0 Å². The lowest BCUT2D eigenvalue weighted by Gasteiger charge is -2.23. The van der Waals surface area contributed by atoms with Gasteiger partial charge in [-0.3, -0.25) is 4.79 Å². The van der Waals surface area contributed by atoms with Crippen molar-refractivity contribution in [1.29, 1.82) is 0 Å². The summed E-state index contributed by atoms with van der Waals surface area (Å²) in [6.07, 6.45) is 1.56. The summed E-state index contributed by atoms with van der Waals surface area (Å²) >= 11 is 0. The van der Waals surface area contributed by atoms with E-state index in [0.29, 0.717) is 0 Å². The van der Waals surface area contributed by atoms with E-state index in [1.807, 2.05) is 12.1 Å². The van der Waals surface area contributed by atoms with Crippen molar-refractivity contribution >= 4 is 38.1 Å². The second kappa shape index (κ2) is 8.93. The van der Waals surface area contributed by atoms with Crippen molar-refractivity contribution in [2.24, 2.45) is 0 Å². The molecule has 0 radical (unpaired) electrons.